The predicted octanol–water partition coefficient (Wildman–Crippen LogP) is 5.55. The van der Waals surface area contributed by atoms with Gasteiger partial charge in [-0.2, -0.15) is 0 Å². The zero-order valence-electron chi connectivity index (χ0n) is 18.4. The molecule has 0 saturated carbocycles. The van der Waals surface area contributed by atoms with Crippen molar-refractivity contribution >= 4 is 17.2 Å². The molecule has 5 heteroatoms. The standard InChI is InChI=1S/C27H29ClN2O2/c1-32-25-7-2-5-21(19-25)26(22-6-3-15-29-20-22)8-4-16-30-17-13-27(31,14-18-30)23-9-11-24(28)12-10-23/h2-3,5-12,15,19-20,31H,4,13-14,16-18H2,1H3/b26-8+. The summed E-state index contributed by atoms with van der Waals surface area (Å²) in [6.45, 7) is 2.69. The molecule has 0 radical (unpaired) electrons. The second kappa shape index (κ2) is 10.3. The molecular weight excluding hydrogens is 420 g/mol. The third-order valence-electron chi connectivity index (χ3n) is 6.21. The molecule has 2 aromatic carbocycles. The number of benzene rings is 2. The third kappa shape index (κ3) is 5.39. The Hall–Kier alpha value is -2.66. The molecule has 0 bridgehead atoms. The number of hydrogen-bond acceptors (Lipinski definition) is 4. The molecule has 1 aromatic heterocycles. The van der Waals surface area contributed by atoms with Crippen molar-refractivity contribution in [2.45, 2.75) is 24.9 Å². The molecule has 0 atom stereocenters. The third-order valence-corrected chi connectivity index (χ3v) is 6.46. The molecule has 166 valence electrons. The predicted molar refractivity (Wildman–Crippen MR) is 130 cm³/mol. The van der Waals surface area contributed by atoms with Crippen molar-refractivity contribution < 1.29 is 9.84 Å². The number of pyridine rings is 1. The molecule has 0 unspecified atom stereocenters. The maximum atomic E-state index is 11.1. The fraction of sp³-hybridized carbons (Fsp3) is 0.296. The molecule has 1 aliphatic rings. The molecule has 0 amide bonds. The van der Waals surface area contributed by atoms with Gasteiger partial charge in [0.2, 0.25) is 0 Å². The summed E-state index contributed by atoms with van der Waals surface area (Å²) in [4.78, 5) is 6.73. The Kier molecular flexibility index (Phi) is 7.26. The fourth-order valence-corrected chi connectivity index (χ4v) is 4.43. The second-order valence-electron chi connectivity index (χ2n) is 8.26. The van der Waals surface area contributed by atoms with E-state index in [1.165, 1.54) is 0 Å². The molecule has 4 nitrogen and oxygen atoms in total. The number of nitrogens with zero attached hydrogens (tertiary/aromatic N) is 2. The van der Waals surface area contributed by atoms with Gasteiger partial charge in [0.25, 0.3) is 0 Å². The number of halogens is 1. The molecule has 3 aromatic rings. The number of likely N-dealkylation sites (tertiary alicyclic amines) is 1. The average Bonchev–Trinajstić information content (AvgIpc) is 2.84. The minimum atomic E-state index is -0.765. The van der Waals surface area contributed by atoms with Crippen molar-refractivity contribution in [3.8, 4) is 5.75 Å². The highest BCUT2D eigenvalue weighted by Crippen LogP contribution is 2.33. The maximum Gasteiger partial charge on any atom is 0.119 e. The van der Waals surface area contributed by atoms with Crippen molar-refractivity contribution in [1.82, 2.24) is 9.88 Å². The van der Waals surface area contributed by atoms with Crippen LogP contribution in [0, 0.1) is 0 Å². The second-order valence-corrected chi connectivity index (χ2v) is 8.70. The fourth-order valence-electron chi connectivity index (χ4n) is 4.30. The molecular formula is C27H29ClN2O2. The highest BCUT2D eigenvalue weighted by atomic mass is 35.5. The van der Waals surface area contributed by atoms with Crippen LogP contribution in [0.1, 0.15) is 36.0 Å². The van der Waals surface area contributed by atoms with E-state index in [2.05, 4.69) is 34.2 Å². The Labute approximate surface area is 195 Å². The van der Waals surface area contributed by atoms with Gasteiger partial charge in [0.1, 0.15) is 5.75 Å². The van der Waals surface area contributed by atoms with E-state index in [1.807, 2.05) is 48.7 Å². The van der Waals surface area contributed by atoms with Crippen LogP contribution in [0.2, 0.25) is 5.02 Å². The zero-order chi connectivity index (χ0) is 22.4. The van der Waals surface area contributed by atoms with Crippen LogP contribution in [0.4, 0.5) is 0 Å². The van der Waals surface area contributed by atoms with Crippen molar-refractivity contribution in [2.24, 2.45) is 0 Å². The maximum absolute atomic E-state index is 11.1. The molecule has 1 fully saturated rings. The summed E-state index contributed by atoms with van der Waals surface area (Å²) in [6.07, 6.45) is 8.35. The Bertz CT molecular complexity index is 1040. The lowest BCUT2D eigenvalue weighted by molar-refractivity contribution is -0.0254. The van der Waals surface area contributed by atoms with Crippen LogP contribution in [0.15, 0.2) is 79.1 Å². The van der Waals surface area contributed by atoms with Crippen LogP contribution in [-0.2, 0) is 5.60 Å². The molecule has 0 aliphatic carbocycles. The van der Waals surface area contributed by atoms with E-state index in [-0.39, 0.29) is 0 Å². The van der Waals surface area contributed by atoms with Gasteiger partial charge in [-0.25, -0.2) is 0 Å². The van der Waals surface area contributed by atoms with Gasteiger partial charge in [0.15, 0.2) is 0 Å². The number of aliphatic hydroxyl groups is 1. The summed E-state index contributed by atoms with van der Waals surface area (Å²) < 4.78 is 5.42. The lowest BCUT2D eigenvalue weighted by Crippen LogP contribution is -2.42. The highest BCUT2D eigenvalue weighted by molar-refractivity contribution is 6.30. The minimum Gasteiger partial charge on any atom is -0.497 e. The molecule has 32 heavy (non-hydrogen) atoms. The van der Waals surface area contributed by atoms with Gasteiger partial charge in [-0.15, -0.1) is 0 Å². The molecule has 2 heterocycles. The number of methoxy groups -OCH3 is 1. The topological polar surface area (TPSA) is 45.6 Å². The van der Waals surface area contributed by atoms with Gasteiger partial charge in [0, 0.05) is 42.6 Å². The van der Waals surface area contributed by atoms with E-state index < -0.39 is 5.60 Å². The van der Waals surface area contributed by atoms with Crippen molar-refractivity contribution in [3.05, 3.63) is 101 Å². The summed E-state index contributed by atoms with van der Waals surface area (Å²) in [6, 6.07) is 19.8. The molecule has 1 aliphatic heterocycles. The summed E-state index contributed by atoms with van der Waals surface area (Å²) in [5.74, 6) is 0.842. The summed E-state index contributed by atoms with van der Waals surface area (Å²) >= 11 is 6.00. The average molecular weight is 449 g/mol. The first-order valence-electron chi connectivity index (χ1n) is 11.0. The van der Waals surface area contributed by atoms with E-state index in [0.29, 0.717) is 5.02 Å². The first kappa shape index (κ1) is 22.5. The van der Waals surface area contributed by atoms with Crippen LogP contribution >= 0.6 is 11.6 Å². The molecule has 4 rings (SSSR count). The van der Waals surface area contributed by atoms with Gasteiger partial charge in [-0.05, 0) is 66.3 Å². The van der Waals surface area contributed by atoms with E-state index >= 15 is 0 Å². The van der Waals surface area contributed by atoms with Gasteiger partial charge in [-0.1, -0.05) is 48.0 Å². The van der Waals surface area contributed by atoms with Crippen molar-refractivity contribution in [1.29, 1.82) is 0 Å². The van der Waals surface area contributed by atoms with E-state index in [4.69, 9.17) is 16.3 Å². The number of aromatic nitrogens is 1. The van der Waals surface area contributed by atoms with E-state index in [9.17, 15) is 5.11 Å². The highest BCUT2D eigenvalue weighted by Gasteiger charge is 2.33. The quantitative estimate of drug-likeness (QED) is 0.514. The van der Waals surface area contributed by atoms with Gasteiger partial charge >= 0.3 is 0 Å². The largest absolute Gasteiger partial charge is 0.497 e. The zero-order valence-corrected chi connectivity index (χ0v) is 19.1. The number of piperidine rings is 1. The number of rotatable bonds is 7. The van der Waals surface area contributed by atoms with Crippen LogP contribution in [0.3, 0.4) is 0 Å². The smallest absolute Gasteiger partial charge is 0.119 e. The number of ether oxygens (including phenoxy) is 1. The molecule has 1 saturated heterocycles. The lowest BCUT2D eigenvalue weighted by atomic mass is 9.84. The van der Waals surface area contributed by atoms with Gasteiger partial charge in [0.05, 0.1) is 12.7 Å². The first-order chi connectivity index (χ1) is 15.6. The molecule has 1 N–H and O–H groups in total. The summed E-state index contributed by atoms with van der Waals surface area (Å²) in [5, 5.41) is 11.8. The Morgan fingerprint density at radius 3 is 2.53 bits per heavy atom. The van der Waals surface area contributed by atoms with Crippen LogP contribution in [0.5, 0.6) is 5.75 Å². The Morgan fingerprint density at radius 1 is 1.09 bits per heavy atom. The van der Waals surface area contributed by atoms with Crippen molar-refractivity contribution in [3.63, 3.8) is 0 Å². The first-order valence-corrected chi connectivity index (χ1v) is 11.4. The van der Waals surface area contributed by atoms with Crippen LogP contribution in [0.25, 0.3) is 5.57 Å². The minimum absolute atomic E-state index is 0.696. The summed E-state index contributed by atoms with van der Waals surface area (Å²) in [7, 11) is 1.69. The van der Waals surface area contributed by atoms with Gasteiger partial charge < -0.3 is 14.7 Å². The lowest BCUT2D eigenvalue weighted by Gasteiger charge is -2.38. The Balaban J connectivity index is 1.42. The van der Waals surface area contributed by atoms with Crippen molar-refractivity contribution in [2.75, 3.05) is 26.7 Å². The van der Waals surface area contributed by atoms with E-state index in [0.717, 1.165) is 66.9 Å². The SMILES string of the molecule is COc1cccc(/C(=C\CCN2CCC(O)(c3ccc(Cl)cc3)CC2)c2cccnc2)c1. The van der Waals surface area contributed by atoms with Gasteiger partial charge in [-0.3, -0.25) is 4.98 Å². The van der Waals surface area contributed by atoms with E-state index in [1.54, 1.807) is 13.3 Å². The summed E-state index contributed by atoms with van der Waals surface area (Å²) in [5.41, 5.74) is 3.56. The van der Waals surface area contributed by atoms with Crippen LogP contribution in [-0.4, -0.2) is 41.7 Å². The molecule has 0 spiro atoms. The number of hydrogen-bond donors (Lipinski definition) is 1. The normalized spacial score (nSPS) is 16.7. The monoisotopic (exact) mass is 448 g/mol. The Morgan fingerprint density at radius 2 is 1.84 bits per heavy atom. The van der Waals surface area contributed by atoms with Crippen LogP contribution < -0.4 is 4.74 Å².